The van der Waals surface area contributed by atoms with Gasteiger partial charge in [-0.05, 0) is 6.92 Å². The Morgan fingerprint density at radius 2 is 1.60 bits per heavy atom. The predicted molar refractivity (Wildman–Crippen MR) is 40.8 cm³/mol. The van der Waals surface area contributed by atoms with Crippen LogP contribution in [0.5, 0.6) is 0 Å². The molecule has 0 amide bonds. The molecule has 0 unspecified atom stereocenters. The van der Waals surface area contributed by atoms with Crippen molar-refractivity contribution in [3.8, 4) is 0 Å². The number of hydrogen-bond donors (Lipinski definition) is 0. The number of hydrogen-bond acceptors (Lipinski definition) is 2. The van der Waals surface area contributed by atoms with Crippen molar-refractivity contribution in [3.05, 3.63) is 0 Å². The van der Waals surface area contributed by atoms with Gasteiger partial charge in [-0.15, -0.1) is 0 Å². The molecule has 0 aromatic rings. The zero-order valence-corrected chi connectivity index (χ0v) is 6.64. The van der Waals surface area contributed by atoms with Crippen LogP contribution in [0, 0.1) is 0 Å². The Labute approximate surface area is 62.6 Å². The van der Waals surface area contributed by atoms with Crippen LogP contribution < -0.4 is 0 Å². The van der Waals surface area contributed by atoms with E-state index in [4.69, 9.17) is 0 Å². The summed E-state index contributed by atoms with van der Waals surface area (Å²) < 4.78 is 4.15. The second kappa shape index (κ2) is 8.47. The summed E-state index contributed by atoms with van der Waals surface area (Å²) in [6.45, 7) is 2.66. The summed E-state index contributed by atoms with van der Waals surface area (Å²) in [6, 6.07) is 0. The van der Waals surface area contributed by atoms with Crippen molar-refractivity contribution >= 4 is 6.47 Å². The fraction of sp³-hybridized carbons (Fsp3) is 0.875. The zero-order valence-electron chi connectivity index (χ0n) is 6.64. The van der Waals surface area contributed by atoms with Gasteiger partial charge in [0.05, 0.1) is 6.61 Å². The molecule has 0 spiro atoms. The Balaban J connectivity index is 0.000000162. The van der Waals surface area contributed by atoms with Crippen LogP contribution in [0.25, 0.3) is 0 Å². The maximum absolute atomic E-state index is 9.18. The molecule has 1 saturated carbocycles. The fourth-order valence-corrected chi connectivity index (χ4v) is 0.952. The van der Waals surface area contributed by atoms with Gasteiger partial charge in [-0.25, -0.2) is 0 Å². The van der Waals surface area contributed by atoms with Crippen molar-refractivity contribution in [1.29, 1.82) is 0 Å². The van der Waals surface area contributed by atoms with Crippen LogP contribution in [0.15, 0.2) is 0 Å². The van der Waals surface area contributed by atoms with Crippen LogP contribution in [-0.4, -0.2) is 13.1 Å². The Morgan fingerprint density at radius 1 is 1.20 bits per heavy atom. The third kappa shape index (κ3) is 7.47. The summed E-state index contributed by atoms with van der Waals surface area (Å²) in [5.41, 5.74) is 0. The first kappa shape index (κ1) is 9.47. The van der Waals surface area contributed by atoms with E-state index in [1.165, 1.54) is 32.1 Å². The average molecular weight is 144 g/mol. The number of ether oxygens (including phenoxy) is 1. The molecule has 2 heteroatoms. The molecule has 1 aliphatic carbocycles. The van der Waals surface area contributed by atoms with Gasteiger partial charge in [0.25, 0.3) is 6.47 Å². The van der Waals surface area contributed by atoms with Gasteiger partial charge in [-0.2, -0.15) is 0 Å². The van der Waals surface area contributed by atoms with Gasteiger partial charge >= 0.3 is 0 Å². The Bertz CT molecular complexity index is 60.0. The minimum absolute atomic E-state index is 0.431. The number of carbonyl (C=O) groups is 1. The molecule has 1 aliphatic rings. The smallest absolute Gasteiger partial charge is 0.293 e. The summed E-state index contributed by atoms with van der Waals surface area (Å²) in [7, 11) is 0. The average Bonchev–Trinajstić information content (AvgIpc) is 2.44. The van der Waals surface area contributed by atoms with Crippen molar-refractivity contribution < 1.29 is 9.53 Å². The highest BCUT2D eigenvalue weighted by atomic mass is 16.5. The first-order valence-corrected chi connectivity index (χ1v) is 3.97. The van der Waals surface area contributed by atoms with Crippen molar-refractivity contribution in [3.63, 3.8) is 0 Å². The van der Waals surface area contributed by atoms with Crippen LogP contribution in [-0.2, 0) is 9.53 Å². The van der Waals surface area contributed by atoms with E-state index in [-0.39, 0.29) is 0 Å². The molecule has 0 heterocycles. The summed E-state index contributed by atoms with van der Waals surface area (Å²) >= 11 is 0. The van der Waals surface area contributed by atoms with Gasteiger partial charge in [0.1, 0.15) is 0 Å². The second-order valence-electron chi connectivity index (χ2n) is 2.32. The SMILES string of the molecule is C1CCCC1.CCOC=O. The minimum atomic E-state index is 0.431. The molecule has 0 aromatic carbocycles. The Hall–Kier alpha value is -0.530. The topological polar surface area (TPSA) is 26.3 Å². The summed E-state index contributed by atoms with van der Waals surface area (Å²) in [5.74, 6) is 0. The molecule has 0 bridgehead atoms. The molecule has 60 valence electrons. The Kier molecular flexibility index (Phi) is 8.02. The zero-order chi connectivity index (χ0) is 7.66. The molecular formula is C8H16O2. The molecule has 2 nitrogen and oxygen atoms in total. The van der Waals surface area contributed by atoms with Crippen molar-refractivity contribution in [2.45, 2.75) is 39.0 Å². The summed E-state index contributed by atoms with van der Waals surface area (Å²) in [4.78, 5) is 9.18. The molecule has 0 radical (unpaired) electrons. The van der Waals surface area contributed by atoms with E-state index < -0.39 is 0 Å². The van der Waals surface area contributed by atoms with Gasteiger partial charge in [0.2, 0.25) is 0 Å². The van der Waals surface area contributed by atoms with E-state index in [1.54, 1.807) is 6.92 Å². The number of carbonyl (C=O) groups excluding carboxylic acids is 1. The lowest BCUT2D eigenvalue weighted by atomic mass is 10.4. The van der Waals surface area contributed by atoms with Crippen LogP contribution >= 0.6 is 0 Å². The van der Waals surface area contributed by atoms with Crippen molar-refractivity contribution in [2.24, 2.45) is 0 Å². The van der Waals surface area contributed by atoms with Gasteiger partial charge < -0.3 is 4.74 Å². The van der Waals surface area contributed by atoms with Crippen molar-refractivity contribution in [1.82, 2.24) is 0 Å². The highest BCUT2D eigenvalue weighted by Crippen LogP contribution is 2.15. The van der Waals surface area contributed by atoms with E-state index in [0.717, 1.165) is 0 Å². The third-order valence-electron chi connectivity index (χ3n) is 1.48. The number of rotatable bonds is 2. The minimum Gasteiger partial charge on any atom is -0.468 e. The first-order valence-electron chi connectivity index (χ1n) is 3.97. The first-order chi connectivity index (χ1) is 4.91. The summed E-state index contributed by atoms with van der Waals surface area (Å²) in [5, 5.41) is 0. The molecule has 0 aromatic heterocycles. The lowest BCUT2D eigenvalue weighted by Crippen LogP contribution is -1.80. The van der Waals surface area contributed by atoms with Crippen LogP contribution in [0.4, 0.5) is 0 Å². The molecule has 0 N–H and O–H groups in total. The van der Waals surface area contributed by atoms with Crippen LogP contribution in [0.2, 0.25) is 0 Å². The monoisotopic (exact) mass is 144 g/mol. The molecule has 10 heavy (non-hydrogen) atoms. The third-order valence-corrected chi connectivity index (χ3v) is 1.48. The maximum atomic E-state index is 9.18. The molecule has 1 rings (SSSR count). The Morgan fingerprint density at radius 3 is 1.70 bits per heavy atom. The fourth-order valence-electron chi connectivity index (χ4n) is 0.952. The van der Waals surface area contributed by atoms with E-state index in [2.05, 4.69) is 4.74 Å². The van der Waals surface area contributed by atoms with E-state index in [9.17, 15) is 4.79 Å². The normalized spacial score (nSPS) is 15.3. The van der Waals surface area contributed by atoms with E-state index in [0.29, 0.717) is 13.1 Å². The van der Waals surface area contributed by atoms with Gasteiger partial charge in [-0.3, -0.25) is 4.79 Å². The quantitative estimate of drug-likeness (QED) is 0.555. The lowest BCUT2D eigenvalue weighted by Gasteiger charge is -1.79. The second-order valence-corrected chi connectivity index (χ2v) is 2.32. The molecule has 0 aliphatic heterocycles. The highest BCUT2D eigenvalue weighted by Gasteiger charge is 1.95. The largest absolute Gasteiger partial charge is 0.468 e. The highest BCUT2D eigenvalue weighted by molar-refractivity contribution is 5.36. The van der Waals surface area contributed by atoms with E-state index >= 15 is 0 Å². The predicted octanol–water partition coefficient (Wildman–Crippen LogP) is 2.13. The molecule has 0 saturated heterocycles. The summed E-state index contributed by atoms with van der Waals surface area (Å²) in [6.07, 6.45) is 7.50. The standard InChI is InChI=1S/C5H10.C3H6O2/c1-2-4-5-3-1;1-2-5-3-4/h1-5H2;3H,2H2,1H3. The van der Waals surface area contributed by atoms with Crippen molar-refractivity contribution in [2.75, 3.05) is 6.61 Å². The van der Waals surface area contributed by atoms with Crippen LogP contribution in [0.3, 0.4) is 0 Å². The maximum Gasteiger partial charge on any atom is 0.293 e. The van der Waals surface area contributed by atoms with E-state index in [1.807, 2.05) is 0 Å². The van der Waals surface area contributed by atoms with Gasteiger partial charge in [0, 0.05) is 0 Å². The molecule has 1 fully saturated rings. The van der Waals surface area contributed by atoms with Gasteiger partial charge in [0.15, 0.2) is 0 Å². The molecule has 0 atom stereocenters. The van der Waals surface area contributed by atoms with Crippen LogP contribution in [0.1, 0.15) is 39.0 Å². The van der Waals surface area contributed by atoms with Gasteiger partial charge in [-0.1, -0.05) is 32.1 Å². The lowest BCUT2D eigenvalue weighted by molar-refractivity contribution is -0.128. The molecular weight excluding hydrogens is 128 g/mol.